The van der Waals surface area contributed by atoms with Gasteiger partial charge in [0.05, 0.1) is 25.4 Å². The van der Waals surface area contributed by atoms with E-state index < -0.39 is 74.2 Å². The van der Waals surface area contributed by atoms with E-state index in [0.29, 0.717) is 19.3 Å². The number of carbonyl (C=O) groups is 1. The van der Waals surface area contributed by atoms with Crippen molar-refractivity contribution < 1.29 is 50.0 Å². The number of aliphatic hydroxyl groups excluding tert-OH is 7. The summed E-state index contributed by atoms with van der Waals surface area (Å²) in [7, 11) is 0. The first-order valence-electron chi connectivity index (χ1n) is 38.9. The summed E-state index contributed by atoms with van der Waals surface area (Å²) in [6.45, 7) is 3.50. The second kappa shape index (κ2) is 66.4. The average Bonchev–Trinajstić information content (AvgIpc) is 1.72. The molecule has 1 amide bonds. The predicted molar refractivity (Wildman–Crippen MR) is 376 cm³/mol. The molecule has 0 aliphatic carbocycles. The van der Waals surface area contributed by atoms with E-state index in [1.54, 1.807) is 0 Å². The van der Waals surface area contributed by atoms with Crippen LogP contribution in [0, 0.1) is 0 Å². The lowest BCUT2D eigenvalue weighted by molar-refractivity contribution is -0.303. The van der Waals surface area contributed by atoms with Crippen molar-refractivity contribution in [2.75, 3.05) is 13.2 Å². The van der Waals surface area contributed by atoms with Gasteiger partial charge in [-0.1, -0.05) is 359 Å². The first-order valence-corrected chi connectivity index (χ1v) is 38.9. The number of unbranched alkanes of at least 4 members (excludes halogenated alkanes) is 51. The van der Waals surface area contributed by atoms with E-state index in [4.69, 9.17) is 9.47 Å². The summed E-state index contributed by atoms with van der Waals surface area (Å²) >= 11 is 0. The fourth-order valence-electron chi connectivity index (χ4n) is 12.7. The Morgan fingerprint density at radius 3 is 1.00 bits per heavy atom. The normalized spacial score (nSPS) is 18.7. The third-order valence-corrected chi connectivity index (χ3v) is 18.9. The Balaban J connectivity index is 2.18. The van der Waals surface area contributed by atoms with E-state index >= 15 is 0 Å². The standard InChI is InChI=1S/C78H149NO10/c1-3-5-7-9-11-13-15-17-19-21-23-25-27-29-31-33-35-37-39-41-43-45-47-49-51-53-55-57-59-61-63-65-70(81)73(83)69(68-88-78-76(86)75(85)74(84)72(67-80)89-78)79-77(87)71(82)66-64-62-60-58-56-54-52-50-48-46-44-42-40-38-36-34-32-30-28-26-24-22-20-18-16-14-12-10-8-6-4-2/h41,43,49,51,57,59,69-76,78,80-86H,3-40,42,44-48,50,52-56,58,60-68H2,1-2H3,(H,79,87)/b43-41+,51-49+,59-57+. The van der Waals surface area contributed by atoms with Crippen molar-refractivity contribution in [1.82, 2.24) is 5.32 Å². The quantitative estimate of drug-likeness (QED) is 0.0215. The second-order valence-electron chi connectivity index (χ2n) is 27.4. The van der Waals surface area contributed by atoms with Gasteiger partial charge in [-0.2, -0.15) is 0 Å². The zero-order chi connectivity index (χ0) is 64.6. The Hall–Kier alpha value is -1.67. The summed E-state index contributed by atoms with van der Waals surface area (Å²) in [5, 5.41) is 76.6. The molecule has 8 N–H and O–H groups in total. The Kier molecular flexibility index (Phi) is 63.6. The molecule has 0 bridgehead atoms. The van der Waals surface area contributed by atoms with E-state index in [1.165, 1.54) is 295 Å². The van der Waals surface area contributed by atoms with Crippen LogP contribution in [-0.2, 0) is 14.3 Å². The number of nitrogens with one attached hydrogen (secondary N) is 1. The van der Waals surface area contributed by atoms with Crippen molar-refractivity contribution in [3.63, 3.8) is 0 Å². The Labute approximate surface area is 549 Å². The average molecular weight is 1260 g/mol. The minimum absolute atomic E-state index is 0.243. The van der Waals surface area contributed by atoms with Crippen molar-refractivity contribution in [3.05, 3.63) is 36.5 Å². The molecule has 1 heterocycles. The summed E-state index contributed by atoms with van der Waals surface area (Å²) in [6, 6.07) is -1.20. The molecule has 0 aromatic rings. The van der Waals surface area contributed by atoms with Gasteiger partial charge in [-0.05, 0) is 64.2 Å². The zero-order valence-electron chi connectivity index (χ0n) is 58.4. The van der Waals surface area contributed by atoms with Crippen LogP contribution in [0.1, 0.15) is 386 Å². The van der Waals surface area contributed by atoms with Crippen LogP contribution >= 0.6 is 0 Å². The van der Waals surface area contributed by atoms with Gasteiger partial charge in [-0.3, -0.25) is 4.79 Å². The van der Waals surface area contributed by atoms with Gasteiger partial charge >= 0.3 is 0 Å². The van der Waals surface area contributed by atoms with E-state index in [0.717, 1.165) is 44.9 Å². The van der Waals surface area contributed by atoms with Gasteiger partial charge in [0.25, 0.3) is 0 Å². The van der Waals surface area contributed by atoms with E-state index in [1.807, 2.05) is 0 Å². The topological polar surface area (TPSA) is 189 Å². The lowest BCUT2D eigenvalue weighted by Crippen LogP contribution is -2.60. The predicted octanol–water partition coefficient (Wildman–Crippen LogP) is 19.7. The molecule has 9 unspecified atom stereocenters. The van der Waals surface area contributed by atoms with Crippen LogP contribution in [0.5, 0.6) is 0 Å². The Bertz CT molecular complexity index is 1540. The van der Waals surface area contributed by atoms with Gasteiger partial charge in [-0.15, -0.1) is 0 Å². The molecule has 11 nitrogen and oxygen atoms in total. The van der Waals surface area contributed by atoms with Gasteiger partial charge in [-0.25, -0.2) is 0 Å². The molecule has 1 fully saturated rings. The van der Waals surface area contributed by atoms with Crippen LogP contribution < -0.4 is 5.32 Å². The van der Waals surface area contributed by atoms with Gasteiger partial charge in [0.1, 0.15) is 36.6 Å². The molecule has 526 valence electrons. The maximum Gasteiger partial charge on any atom is 0.249 e. The van der Waals surface area contributed by atoms with Gasteiger partial charge in [0.15, 0.2) is 6.29 Å². The number of hydrogen-bond acceptors (Lipinski definition) is 10. The monoisotopic (exact) mass is 1260 g/mol. The number of rotatable bonds is 69. The van der Waals surface area contributed by atoms with Crippen LogP contribution in [0.3, 0.4) is 0 Å². The lowest BCUT2D eigenvalue weighted by atomic mass is 9.98. The minimum atomic E-state index is -1.67. The molecule has 0 aromatic heterocycles. The number of carbonyl (C=O) groups excluding carboxylic acids is 1. The summed E-state index contributed by atoms with van der Waals surface area (Å²) in [4.78, 5) is 13.3. The van der Waals surface area contributed by atoms with Gasteiger partial charge in [0, 0.05) is 0 Å². The molecule has 0 aromatic carbocycles. The molecular formula is C78H149NO10. The van der Waals surface area contributed by atoms with Crippen LogP contribution in [0.2, 0.25) is 0 Å². The van der Waals surface area contributed by atoms with Crippen molar-refractivity contribution >= 4 is 5.91 Å². The molecule has 11 heteroatoms. The second-order valence-corrected chi connectivity index (χ2v) is 27.4. The van der Waals surface area contributed by atoms with Crippen LogP contribution in [0.25, 0.3) is 0 Å². The molecule has 0 saturated carbocycles. The summed E-state index contributed by atoms with van der Waals surface area (Å²) < 4.78 is 11.2. The number of ether oxygens (including phenoxy) is 2. The molecule has 1 aliphatic heterocycles. The molecule has 1 saturated heterocycles. The van der Waals surface area contributed by atoms with E-state index in [-0.39, 0.29) is 12.8 Å². The molecule has 0 radical (unpaired) electrons. The molecule has 0 spiro atoms. The highest BCUT2D eigenvalue weighted by Crippen LogP contribution is 2.24. The fraction of sp³-hybridized carbons (Fsp3) is 0.910. The number of aliphatic hydroxyl groups is 7. The lowest BCUT2D eigenvalue weighted by Gasteiger charge is -2.40. The van der Waals surface area contributed by atoms with Crippen molar-refractivity contribution in [2.24, 2.45) is 0 Å². The number of hydrogen-bond donors (Lipinski definition) is 8. The van der Waals surface area contributed by atoms with Gasteiger partial charge < -0.3 is 50.5 Å². The van der Waals surface area contributed by atoms with Crippen molar-refractivity contribution in [1.29, 1.82) is 0 Å². The smallest absolute Gasteiger partial charge is 0.249 e. The van der Waals surface area contributed by atoms with Crippen LogP contribution in [0.4, 0.5) is 0 Å². The number of allylic oxidation sites excluding steroid dienone is 6. The van der Waals surface area contributed by atoms with Crippen molar-refractivity contribution in [2.45, 2.75) is 441 Å². The van der Waals surface area contributed by atoms with Crippen LogP contribution in [-0.4, -0.2) is 110 Å². The molecule has 1 aliphatic rings. The highest BCUT2D eigenvalue weighted by molar-refractivity contribution is 5.80. The van der Waals surface area contributed by atoms with E-state index in [9.17, 15) is 40.5 Å². The highest BCUT2D eigenvalue weighted by atomic mass is 16.7. The van der Waals surface area contributed by atoms with Crippen LogP contribution in [0.15, 0.2) is 36.5 Å². The molecule has 1 rings (SSSR count). The van der Waals surface area contributed by atoms with Gasteiger partial charge in [0.2, 0.25) is 5.91 Å². The third kappa shape index (κ3) is 53.3. The first-order chi connectivity index (χ1) is 43.7. The largest absolute Gasteiger partial charge is 0.394 e. The zero-order valence-corrected chi connectivity index (χ0v) is 58.4. The third-order valence-electron chi connectivity index (χ3n) is 18.9. The molecule has 9 atom stereocenters. The summed E-state index contributed by atoms with van der Waals surface area (Å²) in [6.07, 6.45) is 75.5. The minimum Gasteiger partial charge on any atom is -0.394 e. The number of amides is 1. The van der Waals surface area contributed by atoms with Crippen molar-refractivity contribution in [3.8, 4) is 0 Å². The summed E-state index contributed by atoms with van der Waals surface area (Å²) in [5.74, 6) is -0.705. The Morgan fingerprint density at radius 2 is 0.674 bits per heavy atom. The SMILES string of the molecule is CCCCCCCCCCCCCCCCCCCC/C=C/CC/C=C/CC/C=C/CCCC(O)C(O)C(COC1OC(CO)C(O)C(O)C1O)NC(=O)C(O)CCCCCCCCCCCCCCCCCCCCCCCCCCCCCCCCC. The maximum atomic E-state index is 13.3. The highest BCUT2D eigenvalue weighted by Gasteiger charge is 2.44. The summed E-state index contributed by atoms with van der Waals surface area (Å²) in [5.41, 5.74) is 0. The molecule has 89 heavy (non-hydrogen) atoms. The Morgan fingerprint density at radius 1 is 0.382 bits per heavy atom. The first kappa shape index (κ1) is 85.3. The fourth-order valence-corrected chi connectivity index (χ4v) is 12.7. The van der Waals surface area contributed by atoms with E-state index in [2.05, 4.69) is 55.6 Å². The molecular weight excluding hydrogens is 1110 g/mol. The maximum absolute atomic E-state index is 13.3.